The quantitative estimate of drug-likeness (QED) is 0.695. The van der Waals surface area contributed by atoms with Gasteiger partial charge in [-0.1, -0.05) is 0 Å². The molecule has 0 aromatic rings. The second kappa shape index (κ2) is 5.70. The molecule has 1 heterocycles. The molecule has 1 aliphatic rings. The van der Waals surface area contributed by atoms with Crippen molar-refractivity contribution in [3.8, 4) is 0 Å². The first kappa shape index (κ1) is 12.0. The van der Waals surface area contributed by atoms with Crippen LogP contribution in [0, 0.1) is 5.92 Å². The lowest BCUT2D eigenvalue weighted by molar-refractivity contribution is -0.137. The molecule has 1 fully saturated rings. The van der Waals surface area contributed by atoms with Crippen molar-refractivity contribution in [2.75, 3.05) is 13.2 Å². The van der Waals surface area contributed by atoms with E-state index in [-0.39, 0.29) is 24.3 Å². The second-order valence-corrected chi connectivity index (χ2v) is 3.90. The molecule has 15 heavy (non-hydrogen) atoms. The van der Waals surface area contributed by atoms with Crippen molar-refractivity contribution < 1.29 is 19.4 Å². The van der Waals surface area contributed by atoms with Gasteiger partial charge in [-0.05, 0) is 19.8 Å². The number of aliphatic carboxylic acids is 1. The molecule has 2 atom stereocenters. The van der Waals surface area contributed by atoms with Gasteiger partial charge in [0, 0.05) is 19.1 Å². The van der Waals surface area contributed by atoms with Crippen LogP contribution in [0.25, 0.3) is 0 Å². The topological polar surface area (TPSA) is 75.6 Å². The highest BCUT2D eigenvalue weighted by Gasteiger charge is 2.24. The van der Waals surface area contributed by atoms with Gasteiger partial charge < -0.3 is 15.2 Å². The molecule has 2 N–H and O–H groups in total. The van der Waals surface area contributed by atoms with E-state index in [1.165, 1.54) is 0 Å². The molecule has 5 nitrogen and oxygen atoms in total. The zero-order valence-electron chi connectivity index (χ0n) is 8.86. The summed E-state index contributed by atoms with van der Waals surface area (Å²) < 4.78 is 5.10. The summed E-state index contributed by atoms with van der Waals surface area (Å²) in [6.07, 6.45) is 1.31. The van der Waals surface area contributed by atoms with Gasteiger partial charge in [-0.15, -0.1) is 0 Å². The maximum atomic E-state index is 11.6. The largest absolute Gasteiger partial charge is 0.481 e. The maximum absolute atomic E-state index is 11.6. The highest BCUT2D eigenvalue weighted by Crippen LogP contribution is 2.12. The fraction of sp³-hybridized carbons (Fsp3) is 0.800. The van der Waals surface area contributed by atoms with Crippen LogP contribution in [0.3, 0.4) is 0 Å². The lowest BCUT2D eigenvalue weighted by Crippen LogP contribution is -2.37. The summed E-state index contributed by atoms with van der Waals surface area (Å²) in [6.45, 7) is 2.94. The van der Waals surface area contributed by atoms with E-state index in [1.54, 1.807) is 0 Å². The minimum absolute atomic E-state index is 0.0228. The Bertz CT molecular complexity index is 236. The predicted molar refractivity (Wildman–Crippen MR) is 53.4 cm³/mol. The van der Waals surface area contributed by atoms with Crippen LogP contribution < -0.4 is 5.32 Å². The minimum atomic E-state index is -0.833. The fourth-order valence-electron chi connectivity index (χ4n) is 1.51. The van der Waals surface area contributed by atoms with E-state index < -0.39 is 5.97 Å². The maximum Gasteiger partial charge on any atom is 0.303 e. The molecular formula is C10H17NO4. The van der Waals surface area contributed by atoms with Crippen LogP contribution in [0.5, 0.6) is 0 Å². The summed E-state index contributed by atoms with van der Waals surface area (Å²) in [7, 11) is 0. The highest BCUT2D eigenvalue weighted by atomic mass is 16.5. The van der Waals surface area contributed by atoms with Crippen LogP contribution in [-0.4, -0.2) is 36.2 Å². The zero-order valence-corrected chi connectivity index (χ0v) is 8.86. The van der Waals surface area contributed by atoms with E-state index in [4.69, 9.17) is 9.84 Å². The molecule has 0 aromatic carbocycles. The number of carboxylic acids is 1. The molecule has 1 amide bonds. The van der Waals surface area contributed by atoms with Gasteiger partial charge in [-0.2, -0.15) is 0 Å². The zero-order chi connectivity index (χ0) is 11.3. The summed E-state index contributed by atoms with van der Waals surface area (Å²) in [5, 5.41) is 11.3. The van der Waals surface area contributed by atoms with Gasteiger partial charge in [0.1, 0.15) is 0 Å². The Balaban J connectivity index is 2.21. The first-order valence-electron chi connectivity index (χ1n) is 5.19. The number of rotatable bonds is 5. The molecule has 1 aliphatic heterocycles. The number of nitrogens with one attached hydrogen (secondary N) is 1. The Hall–Kier alpha value is -1.10. The SMILES string of the molecule is CC(CCC(=O)O)NC(=O)C1CCOC1. The predicted octanol–water partition coefficient (Wildman–Crippen LogP) is 0.392. The molecule has 2 unspecified atom stereocenters. The van der Waals surface area contributed by atoms with Crippen LogP contribution in [0.2, 0.25) is 0 Å². The van der Waals surface area contributed by atoms with Gasteiger partial charge in [0.2, 0.25) is 5.91 Å². The van der Waals surface area contributed by atoms with Crippen LogP contribution in [0.15, 0.2) is 0 Å². The second-order valence-electron chi connectivity index (χ2n) is 3.90. The third kappa shape index (κ3) is 4.29. The lowest BCUT2D eigenvalue weighted by atomic mass is 10.1. The first-order chi connectivity index (χ1) is 7.09. The molecule has 0 bridgehead atoms. The van der Waals surface area contributed by atoms with E-state index in [9.17, 15) is 9.59 Å². The van der Waals surface area contributed by atoms with E-state index in [2.05, 4.69) is 5.32 Å². The van der Waals surface area contributed by atoms with E-state index >= 15 is 0 Å². The molecular weight excluding hydrogens is 198 g/mol. The fourth-order valence-corrected chi connectivity index (χ4v) is 1.51. The van der Waals surface area contributed by atoms with Gasteiger partial charge in [0.15, 0.2) is 0 Å². The van der Waals surface area contributed by atoms with Crippen molar-refractivity contribution in [2.45, 2.75) is 32.2 Å². The third-order valence-electron chi connectivity index (χ3n) is 2.48. The van der Waals surface area contributed by atoms with Gasteiger partial charge in [0.25, 0.3) is 0 Å². The van der Waals surface area contributed by atoms with Gasteiger partial charge in [0.05, 0.1) is 12.5 Å². The molecule has 0 saturated carbocycles. The number of amides is 1. The Morgan fingerprint density at radius 2 is 2.33 bits per heavy atom. The van der Waals surface area contributed by atoms with Crippen LogP contribution >= 0.6 is 0 Å². The standard InChI is InChI=1S/C10H17NO4/c1-7(2-3-9(12)13)11-10(14)8-4-5-15-6-8/h7-8H,2-6H2,1H3,(H,11,14)(H,12,13). The molecule has 5 heteroatoms. The number of hydrogen-bond acceptors (Lipinski definition) is 3. The summed E-state index contributed by atoms with van der Waals surface area (Å²) >= 11 is 0. The summed E-state index contributed by atoms with van der Waals surface area (Å²) in [4.78, 5) is 21.9. The minimum Gasteiger partial charge on any atom is -0.481 e. The van der Waals surface area contributed by atoms with Gasteiger partial charge in [-0.25, -0.2) is 0 Å². The van der Waals surface area contributed by atoms with Gasteiger partial charge >= 0.3 is 5.97 Å². The molecule has 1 rings (SSSR count). The lowest BCUT2D eigenvalue weighted by Gasteiger charge is -2.15. The average molecular weight is 215 g/mol. The van der Waals surface area contributed by atoms with Crippen molar-refractivity contribution in [1.29, 1.82) is 0 Å². The van der Waals surface area contributed by atoms with Crippen molar-refractivity contribution in [3.05, 3.63) is 0 Å². The van der Waals surface area contributed by atoms with Crippen molar-refractivity contribution in [1.82, 2.24) is 5.32 Å². The third-order valence-corrected chi connectivity index (χ3v) is 2.48. The molecule has 0 aromatic heterocycles. The van der Waals surface area contributed by atoms with Crippen molar-refractivity contribution in [2.24, 2.45) is 5.92 Å². The van der Waals surface area contributed by atoms with Crippen LogP contribution in [0.4, 0.5) is 0 Å². The number of carbonyl (C=O) groups is 2. The molecule has 0 spiro atoms. The molecule has 86 valence electrons. The highest BCUT2D eigenvalue weighted by molar-refractivity contribution is 5.79. The summed E-state index contributed by atoms with van der Waals surface area (Å²) in [5.41, 5.74) is 0. The Labute approximate surface area is 88.8 Å². The van der Waals surface area contributed by atoms with Crippen LogP contribution in [-0.2, 0) is 14.3 Å². The smallest absolute Gasteiger partial charge is 0.303 e. The van der Waals surface area contributed by atoms with Crippen LogP contribution in [0.1, 0.15) is 26.2 Å². The number of carboxylic acid groups (broad SMARTS) is 1. The molecule has 0 radical (unpaired) electrons. The monoisotopic (exact) mass is 215 g/mol. The van der Waals surface area contributed by atoms with Crippen molar-refractivity contribution in [3.63, 3.8) is 0 Å². The number of carbonyl (C=O) groups excluding carboxylic acids is 1. The van der Waals surface area contributed by atoms with E-state index in [0.717, 1.165) is 6.42 Å². The van der Waals surface area contributed by atoms with E-state index in [0.29, 0.717) is 19.6 Å². The van der Waals surface area contributed by atoms with Gasteiger partial charge in [-0.3, -0.25) is 9.59 Å². The normalized spacial score (nSPS) is 22.3. The Morgan fingerprint density at radius 3 is 2.87 bits per heavy atom. The Morgan fingerprint density at radius 1 is 1.60 bits per heavy atom. The molecule has 0 aliphatic carbocycles. The average Bonchev–Trinajstić information content (AvgIpc) is 2.67. The van der Waals surface area contributed by atoms with E-state index in [1.807, 2.05) is 6.92 Å². The summed E-state index contributed by atoms with van der Waals surface area (Å²) in [5.74, 6) is -0.914. The summed E-state index contributed by atoms with van der Waals surface area (Å²) in [6, 6.07) is -0.0887. The Kier molecular flexibility index (Phi) is 4.55. The molecule has 1 saturated heterocycles. The number of hydrogen-bond donors (Lipinski definition) is 2. The number of ether oxygens (including phenoxy) is 1. The first-order valence-corrected chi connectivity index (χ1v) is 5.19. The van der Waals surface area contributed by atoms with Crippen molar-refractivity contribution >= 4 is 11.9 Å².